The van der Waals surface area contributed by atoms with Crippen molar-refractivity contribution < 1.29 is 14.4 Å². The van der Waals surface area contributed by atoms with Crippen molar-refractivity contribution in [2.45, 2.75) is 44.3 Å². The first kappa shape index (κ1) is 17.7. The SMILES string of the molecule is C[C@@H](C(=O)NCc1ccccc1)N1C(=O)N[C@]2(CCCc3sccc32)C1=O. The molecule has 1 saturated heterocycles. The smallest absolute Gasteiger partial charge is 0.326 e. The molecule has 0 radical (unpaired) electrons. The van der Waals surface area contributed by atoms with Gasteiger partial charge in [0.1, 0.15) is 11.6 Å². The minimum Gasteiger partial charge on any atom is -0.350 e. The maximum Gasteiger partial charge on any atom is 0.326 e. The van der Waals surface area contributed by atoms with Crippen molar-refractivity contribution in [3.8, 4) is 0 Å². The highest BCUT2D eigenvalue weighted by Gasteiger charge is 2.56. The van der Waals surface area contributed by atoms with E-state index in [2.05, 4.69) is 10.6 Å². The zero-order valence-electron chi connectivity index (χ0n) is 15.0. The molecule has 2 atom stereocenters. The Bertz CT molecular complexity index is 895. The second-order valence-electron chi connectivity index (χ2n) is 7.00. The summed E-state index contributed by atoms with van der Waals surface area (Å²) in [5.41, 5.74) is 0.831. The first-order valence-electron chi connectivity index (χ1n) is 9.07. The minimum absolute atomic E-state index is 0.325. The van der Waals surface area contributed by atoms with Crippen LogP contribution >= 0.6 is 11.3 Å². The molecular weight excluding hydrogens is 362 g/mol. The maximum absolute atomic E-state index is 13.2. The number of fused-ring (bicyclic) bond motifs is 2. The molecule has 4 amide bonds. The summed E-state index contributed by atoms with van der Waals surface area (Å²) in [6.07, 6.45) is 2.32. The summed E-state index contributed by atoms with van der Waals surface area (Å²) in [5, 5.41) is 7.65. The largest absolute Gasteiger partial charge is 0.350 e. The van der Waals surface area contributed by atoms with E-state index in [4.69, 9.17) is 0 Å². The summed E-state index contributed by atoms with van der Waals surface area (Å²) >= 11 is 1.61. The second-order valence-corrected chi connectivity index (χ2v) is 8.00. The Morgan fingerprint density at radius 2 is 2.07 bits per heavy atom. The van der Waals surface area contributed by atoms with E-state index < -0.39 is 17.6 Å². The van der Waals surface area contributed by atoms with Gasteiger partial charge in [0.25, 0.3) is 5.91 Å². The normalized spacial score (nSPS) is 22.5. The van der Waals surface area contributed by atoms with Crippen LogP contribution in [0.5, 0.6) is 0 Å². The molecule has 0 saturated carbocycles. The van der Waals surface area contributed by atoms with Crippen LogP contribution in [-0.2, 0) is 28.1 Å². The van der Waals surface area contributed by atoms with E-state index >= 15 is 0 Å². The Labute approximate surface area is 161 Å². The van der Waals surface area contributed by atoms with Crippen molar-refractivity contribution in [3.63, 3.8) is 0 Å². The van der Waals surface area contributed by atoms with Crippen LogP contribution in [0.25, 0.3) is 0 Å². The second kappa shape index (κ2) is 6.81. The molecule has 140 valence electrons. The van der Waals surface area contributed by atoms with Crippen LogP contribution in [-0.4, -0.2) is 28.8 Å². The fourth-order valence-electron chi connectivity index (χ4n) is 3.91. The summed E-state index contributed by atoms with van der Waals surface area (Å²) in [5.74, 6) is -0.671. The van der Waals surface area contributed by atoms with Crippen molar-refractivity contribution in [1.29, 1.82) is 0 Å². The van der Waals surface area contributed by atoms with Gasteiger partial charge in [0.05, 0.1) is 0 Å². The number of urea groups is 1. The fourth-order valence-corrected chi connectivity index (χ4v) is 4.91. The zero-order chi connectivity index (χ0) is 19.0. The van der Waals surface area contributed by atoms with Gasteiger partial charge in [-0.1, -0.05) is 30.3 Å². The van der Waals surface area contributed by atoms with Gasteiger partial charge in [0, 0.05) is 17.0 Å². The van der Waals surface area contributed by atoms with Crippen molar-refractivity contribution in [2.24, 2.45) is 0 Å². The Morgan fingerprint density at radius 1 is 1.30 bits per heavy atom. The van der Waals surface area contributed by atoms with Gasteiger partial charge in [-0.25, -0.2) is 9.69 Å². The lowest BCUT2D eigenvalue weighted by Gasteiger charge is -2.31. The standard InChI is InChI=1S/C20H21N3O3S/c1-13(17(24)21-12-14-6-3-2-4-7-14)23-18(25)20(22-19(23)26)10-5-8-16-15(20)9-11-27-16/h2-4,6-7,9,11,13H,5,8,10,12H2,1H3,(H,21,24)(H,22,26)/t13-,20-/m0/s1. The molecular formula is C20H21N3O3S. The molecule has 4 rings (SSSR count). The molecule has 0 bridgehead atoms. The summed E-state index contributed by atoms with van der Waals surface area (Å²) in [6.45, 7) is 1.95. The molecule has 1 spiro atoms. The van der Waals surface area contributed by atoms with Crippen LogP contribution in [0.15, 0.2) is 41.8 Å². The Balaban J connectivity index is 1.52. The topological polar surface area (TPSA) is 78.5 Å². The monoisotopic (exact) mass is 383 g/mol. The van der Waals surface area contributed by atoms with Gasteiger partial charge in [0.2, 0.25) is 5.91 Å². The highest BCUT2D eigenvalue weighted by atomic mass is 32.1. The molecule has 7 heteroatoms. The van der Waals surface area contributed by atoms with Crippen LogP contribution in [0.4, 0.5) is 4.79 Å². The molecule has 6 nitrogen and oxygen atoms in total. The molecule has 1 aliphatic heterocycles. The van der Waals surface area contributed by atoms with Crippen LogP contribution in [0.1, 0.15) is 35.8 Å². The summed E-state index contributed by atoms with van der Waals surface area (Å²) in [6, 6.07) is 10.1. The highest BCUT2D eigenvalue weighted by Crippen LogP contribution is 2.42. The average molecular weight is 383 g/mol. The van der Waals surface area contributed by atoms with E-state index in [9.17, 15) is 14.4 Å². The van der Waals surface area contributed by atoms with Crippen LogP contribution < -0.4 is 10.6 Å². The molecule has 0 unspecified atom stereocenters. The maximum atomic E-state index is 13.2. The number of benzene rings is 1. The van der Waals surface area contributed by atoms with E-state index in [-0.39, 0.29) is 11.8 Å². The Hall–Kier alpha value is -2.67. The third-order valence-corrected chi connectivity index (χ3v) is 6.34. The Kier molecular flexibility index (Phi) is 4.47. The van der Waals surface area contributed by atoms with E-state index in [1.807, 2.05) is 41.8 Å². The number of aryl methyl sites for hydroxylation is 1. The molecule has 2 aromatic rings. The predicted octanol–water partition coefficient (Wildman–Crippen LogP) is 2.54. The molecule has 1 aromatic carbocycles. The van der Waals surface area contributed by atoms with Crippen LogP contribution in [0, 0.1) is 0 Å². The van der Waals surface area contributed by atoms with Gasteiger partial charge in [-0.2, -0.15) is 0 Å². The summed E-state index contributed by atoms with van der Waals surface area (Å²) in [4.78, 5) is 40.7. The van der Waals surface area contributed by atoms with Gasteiger partial charge in [-0.05, 0) is 43.2 Å². The Morgan fingerprint density at radius 3 is 2.85 bits per heavy atom. The summed E-state index contributed by atoms with van der Waals surface area (Å²) in [7, 11) is 0. The summed E-state index contributed by atoms with van der Waals surface area (Å²) < 4.78 is 0. The highest BCUT2D eigenvalue weighted by molar-refractivity contribution is 7.10. The first-order valence-corrected chi connectivity index (χ1v) is 9.95. The van der Waals surface area contributed by atoms with E-state index in [1.165, 1.54) is 0 Å². The third kappa shape index (κ3) is 2.92. The van der Waals surface area contributed by atoms with Gasteiger partial charge in [-0.3, -0.25) is 9.59 Å². The minimum atomic E-state index is -1.02. The van der Waals surface area contributed by atoms with Gasteiger partial charge < -0.3 is 10.6 Å². The van der Waals surface area contributed by atoms with E-state index in [1.54, 1.807) is 18.3 Å². The van der Waals surface area contributed by atoms with Crippen LogP contribution in [0.3, 0.4) is 0 Å². The fraction of sp³-hybridized carbons (Fsp3) is 0.350. The number of carbonyl (C=O) groups is 3. The number of thiophene rings is 1. The van der Waals surface area contributed by atoms with Crippen LogP contribution in [0.2, 0.25) is 0 Å². The lowest BCUT2D eigenvalue weighted by molar-refractivity contribution is -0.138. The van der Waals surface area contributed by atoms with Gasteiger partial charge in [-0.15, -0.1) is 11.3 Å². The van der Waals surface area contributed by atoms with Crippen molar-refractivity contribution in [3.05, 3.63) is 57.8 Å². The third-order valence-electron chi connectivity index (χ3n) is 5.36. The first-order chi connectivity index (χ1) is 13.0. The van der Waals surface area contributed by atoms with Gasteiger partial charge in [0.15, 0.2) is 0 Å². The van der Waals surface area contributed by atoms with Crippen molar-refractivity contribution >= 4 is 29.2 Å². The number of imide groups is 1. The lowest BCUT2D eigenvalue weighted by Crippen LogP contribution is -2.50. The molecule has 27 heavy (non-hydrogen) atoms. The van der Waals surface area contributed by atoms with Crippen molar-refractivity contribution in [1.82, 2.24) is 15.5 Å². The predicted molar refractivity (Wildman–Crippen MR) is 102 cm³/mol. The molecule has 1 aliphatic carbocycles. The van der Waals surface area contributed by atoms with Gasteiger partial charge >= 0.3 is 6.03 Å². The number of nitrogens with zero attached hydrogens (tertiary/aromatic N) is 1. The molecule has 1 aromatic heterocycles. The number of amides is 4. The zero-order valence-corrected chi connectivity index (χ0v) is 15.8. The molecule has 2 heterocycles. The number of rotatable bonds is 4. The average Bonchev–Trinajstić information content (AvgIpc) is 3.25. The van der Waals surface area contributed by atoms with Crippen molar-refractivity contribution in [2.75, 3.05) is 0 Å². The molecule has 2 aliphatic rings. The quantitative estimate of drug-likeness (QED) is 0.797. The lowest BCUT2D eigenvalue weighted by atomic mass is 9.80. The number of hydrogen-bond acceptors (Lipinski definition) is 4. The van der Waals surface area contributed by atoms with E-state index in [0.29, 0.717) is 13.0 Å². The molecule has 2 N–H and O–H groups in total. The number of nitrogens with one attached hydrogen (secondary N) is 2. The number of carbonyl (C=O) groups excluding carboxylic acids is 3. The van der Waals surface area contributed by atoms with E-state index in [0.717, 1.165) is 33.7 Å². The number of hydrogen-bond donors (Lipinski definition) is 2. The molecule has 1 fully saturated rings.